The molecule has 0 radical (unpaired) electrons. The topological polar surface area (TPSA) is 51.8 Å². The van der Waals surface area contributed by atoms with E-state index in [1.54, 1.807) is 11.8 Å². The third-order valence-corrected chi connectivity index (χ3v) is 6.44. The highest BCUT2D eigenvalue weighted by Gasteiger charge is 2.23. The molecular weight excluding hydrogens is 322 g/mol. The summed E-state index contributed by atoms with van der Waals surface area (Å²) in [5.74, 6) is 2.28. The van der Waals surface area contributed by atoms with Crippen LogP contribution in [0, 0.1) is 5.92 Å². The fourth-order valence-corrected chi connectivity index (χ4v) is 5.39. The van der Waals surface area contributed by atoms with E-state index in [-0.39, 0.29) is 0 Å². The molecule has 2 N–H and O–H groups in total. The Morgan fingerprint density at radius 3 is 2.91 bits per heavy atom. The van der Waals surface area contributed by atoms with Gasteiger partial charge in [-0.2, -0.15) is 0 Å². The van der Waals surface area contributed by atoms with Crippen molar-refractivity contribution in [1.82, 2.24) is 9.97 Å². The molecule has 23 heavy (non-hydrogen) atoms. The summed E-state index contributed by atoms with van der Waals surface area (Å²) in [7, 11) is 0. The number of rotatable bonds is 3. The second-order valence-corrected chi connectivity index (χ2v) is 8.22. The minimum absolute atomic E-state index is 0.651. The Morgan fingerprint density at radius 2 is 2.09 bits per heavy atom. The number of hydrogen-bond acceptors (Lipinski definition) is 5. The summed E-state index contributed by atoms with van der Waals surface area (Å²) in [6.07, 6.45) is 3.51. The number of thioether (sulfide) groups is 1. The van der Waals surface area contributed by atoms with Crippen LogP contribution in [0.4, 0.5) is 5.82 Å². The van der Waals surface area contributed by atoms with Crippen LogP contribution in [0.3, 0.4) is 0 Å². The number of aromatic nitrogens is 2. The quantitative estimate of drug-likeness (QED) is 0.554. The highest BCUT2D eigenvalue weighted by atomic mass is 32.2. The van der Waals surface area contributed by atoms with Crippen LogP contribution in [-0.2, 0) is 18.6 Å². The van der Waals surface area contributed by atoms with E-state index in [1.165, 1.54) is 22.4 Å². The SMILES string of the molecule is C[C@@H]1CCc2c(sc3nc(SCc4ccccc4)nc(N)c23)C1. The Morgan fingerprint density at radius 1 is 1.26 bits per heavy atom. The molecule has 0 spiro atoms. The zero-order chi connectivity index (χ0) is 15.8. The number of thiophene rings is 1. The monoisotopic (exact) mass is 341 g/mol. The molecule has 0 fully saturated rings. The van der Waals surface area contributed by atoms with Gasteiger partial charge in [-0.15, -0.1) is 11.3 Å². The van der Waals surface area contributed by atoms with Gasteiger partial charge in [-0.1, -0.05) is 49.0 Å². The Labute approximate surface area is 144 Å². The van der Waals surface area contributed by atoms with Crippen molar-refractivity contribution in [2.75, 3.05) is 5.73 Å². The number of aryl methyl sites for hydroxylation is 1. The van der Waals surface area contributed by atoms with Gasteiger partial charge >= 0.3 is 0 Å². The Balaban J connectivity index is 1.65. The van der Waals surface area contributed by atoms with E-state index in [1.807, 2.05) is 17.4 Å². The van der Waals surface area contributed by atoms with Crippen LogP contribution >= 0.6 is 23.1 Å². The maximum atomic E-state index is 6.27. The molecule has 1 atom stereocenters. The van der Waals surface area contributed by atoms with E-state index >= 15 is 0 Å². The van der Waals surface area contributed by atoms with Gasteiger partial charge in [0.25, 0.3) is 0 Å². The van der Waals surface area contributed by atoms with Gasteiger partial charge in [-0.25, -0.2) is 9.97 Å². The molecule has 1 aromatic carbocycles. The lowest BCUT2D eigenvalue weighted by molar-refractivity contribution is 0.509. The number of nitrogen functional groups attached to an aromatic ring is 1. The number of nitrogens with zero attached hydrogens (tertiary/aromatic N) is 2. The predicted octanol–water partition coefficient (Wildman–Crippen LogP) is 4.69. The fourth-order valence-electron chi connectivity index (χ4n) is 3.14. The first-order valence-electron chi connectivity index (χ1n) is 7.95. The molecule has 0 amide bonds. The largest absolute Gasteiger partial charge is 0.383 e. The van der Waals surface area contributed by atoms with Crippen LogP contribution in [0.5, 0.6) is 0 Å². The van der Waals surface area contributed by atoms with E-state index < -0.39 is 0 Å². The van der Waals surface area contributed by atoms with E-state index in [2.05, 4.69) is 36.2 Å². The maximum Gasteiger partial charge on any atom is 0.191 e. The summed E-state index contributed by atoms with van der Waals surface area (Å²) < 4.78 is 0. The first-order valence-corrected chi connectivity index (χ1v) is 9.75. The summed E-state index contributed by atoms with van der Waals surface area (Å²) in [6, 6.07) is 10.4. The molecule has 118 valence electrons. The number of hydrogen-bond donors (Lipinski definition) is 1. The van der Waals surface area contributed by atoms with Crippen LogP contribution in [0.25, 0.3) is 10.2 Å². The summed E-state index contributed by atoms with van der Waals surface area (Å²) >= 11 is 3.46. The van der Waals surface area contributed by atoms with Gasteiger partial charge in [0.05, 0.1) is 5.39 Å². The number of nitrogens with two attached hydrogens (primary N) is 1. The molecular formula is C18H19N3S2. The van der Waals surface area contributed by atoms with Crippen molar-refractivity contribution >= 4 is 39.1 Å². The maximum absolute atomic E-state index is 6.27. The molecule has 0 saturated carbocycles. The lowest BCUT2D eigenvalue weighted by Gasteiger charge is -2.17. The molecule has 5 heteroatoms. The standard InChI is InChI=1S/C18H19N3S2/c1-11-7-8-13-14(9-11)23-17-15(13)16(19)20-18(21-17)22-10-12-5-3-2-4-6-12/h2-6,11H,7-10H2,1H3,(H2,19,20,21)/t11-/m1/s1. The first-order chi connectivity index (χ1) is 11.2. The molecule has 3 nitrogen and oxygen atoms in total. The number of anilines is 1. The summed E-state index contributed by atoms with van der Waals surface area (Å²) in [5, 5.41) is 1.89. The van der Waals surface area contributed by atoms with Crippen molar-refractivity contribution in [1.29, 1.82) is 0 Å². The van der Waals surface area contributed by atoms with E-state index in [4.69, 9.17) is 10.7 Å². The molecule has 0 aliphatic heterocycles. The number of benzene rings is 1. The van der Waals surface area contributed by atoms with E-state index in [0.29, 0.717) is 5.82 Å². The molecule has 0 saturated heterocycles. The van der Waals surface area contributed by atoms with Crippen molar-refractivity contribution in [3.63, 3.8) is 0 Å². The molecule has 0 bridgehead atoms. The average molecular weight is 342 g/mol. The van der Waals surface area contributed by atoms with Crippen molar-refractivity contribution in [3.8, 4) is 0 Å². The summed E-state index contributed by atoms with van der Waals surface area (Å²) in [6.45, 7) is 2.32. The van der Waals surface area contributed by atoms with Gasteiger partial charge in [0.1, 0.15) is 10.6 Å². The van der Waals surface area contributed by atoms with Crippen molar-refractivity contribution in [2.45, 2.75) is 37.1 Å². The first kappa shape index (κ1) is 15.0. The lowest BCUT2D eigenvalue weighted by atomic mass is 9.89. The Kier molecular flexibility index (Phi) is 3.99. The van der Waals surface area contributed by atoms with Crippen molar-refractivity contribution in [2.24, 2.45) is 5.92 Å². The minimum atomic E-state index is 0.651. The second kappa shape index (κ2) is 6.13. The highest BCUT2D eigenvalue weighted by molar-refractivity contribution is 7.98. The highest BCUT2D eigenvalue weighted by Crippen LogP contribution is 2.40. The molecule has 1 aliphatic rings. The van der Waals surface area contributed by atoms with Crippen LogP contribution in [0.2, 0.25) is 0 Å². The number of fused-ring (bicyclic) bond motifs is 3. The molecule has 2 heterocycles. The Hall–Kier alpha value is -1.59. The molecule has 0 unspecified atom stereocenters. The van der Waals surface area contributed by atoms with Gasteiger partial charge in [0.15, 0.2) is 5.16 Å². The van der Waals surface area contributed by atoms with Crippen LogP contribution < -0.4 is 5.73 Å². The van der Waals surface area contributed by atoms with Crippen LogP contribution in [-0.4, -0.2) is 9.97 Å². The van der Waals surface area contributed by atoms with Gasteiger partial charge in [0, 0.05) is 10.6 Å². The van der Waals surface area contributed by atoms with E-state index in [0.717, 1.165) is 39.9 Å². The third kappa shape index (κ3) is 2.95. The van der Waals surface area contributed by atoms with Crippen molar-refractivity contribution in [3.05, 3.63) is 46.3 Å². The predicted molar refractivity (Wildman–Crippen MR) is 99.0 cm³/mol. The van der Waals surface area contributed by atoms with Crippen LogP contribution in [0.15, 0.2) is 35.5 Å². The van der Waals surface area contributed by atoms with Gasteiger partial charge in [-0.3, -0.25) is 0 Å². The molecule has 1 aliphatic carbocycles. The van der Waals surface area contributed by atoms with E-state index in [9.17, 15) is 0 Å². The third-order valence-electron chi connectivity index (χ3n) is 4.37. The minimum Gasteiger partial charge on any atom is -0.383 e. The van der Waals surface area contributed by atoms with Gasteiger partial charge < -0.3 is 5.73 Å². The molecule has 4 rings (SSSR count). The molecule has 3 aromatic rings. The average Bonchev–Trinajstić information content (AvgIpc) is 2.91. The van der Waals surface area contributed by atoms with Crippen LogP contribution in [0.1, 0.15) is 29.3 Å². The Bertz CT molecular complexity index is 842. The second-order valence-electron chi connectivity index (χ2n) is 6.20. The van der Waals surface area contributed by atoms with Gasteiger partial charge in [-0.05, 0) is 36.3 Å². The van der Waals surface area contributed by atoms with Gasteiger partial charge in [0.2, 0.25) is 0 Å². The zero-order valence-electron chi connectivity index (χ0n) is 13.1. The summed E-state index contributed by atoms with van der Waals surface area (Å²) in [5.41, 5.74) is 8.95. The van der Waals surface area contributed by atoms with Crippen molar-refractivity contribution < 1.29 is 0 Å². The summed E-state index contributed by atoms with van der Waals surface area (Å²) in [4.78, 5) is 11.8. The normalized spacial score (nSPS) is 17.3. The smallest absolute Gasteiger partial charge is 0.191 e. The fraction of sp³-hybridized carbons (Fsp3) is 0.333. The molecule has 2 aromatic heterocycles. The zero-order valence-corrected chi connectivity index (χ0v) is 14.7. The lowest BCUT2D eigenvalue weighted by Crippen LogP contribution is -2.09.